The van der Waals surface area contributed by atoms with Crippen LogP contribution in [0, 0.1) is 18.7 Å². The van der Waals surface area contributed by atoms with Crippen molar-refractivity contribution in [2.75, 3.05) is 19.6 Å². The van der Waals surface area contributed by atoms with Gasteiger partial charge in [0.15, 0.2) is 0 Å². The van der Waals surface area contributed by atoms with Gasteiger partial charge < -0.3 is 5.32 Å². The van der Waals surface area contributed by atoms with Crippen molar-refractivity contribution >= 4 is 5.91 Å². The Hall–Kier alpha value is -2.99. The van der Waals surface area contributed by atoms with Gasteiger partial charge in [-0.15, -0.1) is 0 Å². The van der Waals surface area contributed by atoms with Gasteiger partial charge in [0, 0.05) is 43.9 Å². The summed E-state index contributed by atoms with van der Waals surface area (Å²) in [4.78, 5) is 13.7. The Kier molecular flexibility index (Phi) is 6.47. The monoisotopic (exact) mass is 420 g/mol. The van der Waals surface area contributed by atoms with Gasteiger partial charge in [0.05, 0.1) is 11.4 Å². The molecule has 0 aliphatic carbocycles. The van der Waals surface area contributed by atoms with Crippen LogP contribution in [-0.2, 0) is 11.3 Å². The molecule has 1 aliphatic rings. The lowest BCUT2D eigenvalue weighted by Crippen LogP contribution is -2.40. The maximum Gasteiger partial charge on any atom is 0.216 e. The van der Waals surface area contributed by atoms with Crippen LogP contribution in [0.5, 0.6) is 0 Å². The summed E-state index contributed by atoms with van der Waals surface area (Å²) in [5, 5.41) is 7.82. The molecular weight excluding hydrogens is 391 g/mol. The molecule has 0 spiro atoms. The molecule has 3 aromatic rings. The van der Waals surface area contributed by atoms with Crippen LogP contribution in [0.1, 0.15) is 30.9 Å². The lowest BCUT2D eigenvalue weighted by atomic mass is 9.97. The molecule has 1 atom stereocenters. The standard InChI is InChI=1S/C25H29FN4O/c1-18-5-11-24(12-6-18)30-17-22(25(28-30)21-7-9-23(26)10-8-21)16-29-13-3-4-20(15-29)14-27-19(2)31/h5-12,17,20H,3-4,13-16H2,1-2H3,(H,27,31)/t20-/m1/s1. The van der Waals surface area contributed by atoms with Crippen LogP contribution in [0.25, 0.3) is 16.9 Å². The summed E-state index contributed by atoms with van der Waals surface area (Å²) < 4.78 is 15.4. The number of likely N-dealkylation sites (tertiary alicyclic amines) is 1. The third kappa shape index (κ3) is 5.39. The number of nitrogens with one attached hydrogen (secondary N) is 1. The highest BCUT2D eigenvalue weighted by Crippen LogP contribution is 2.27. The van der Waals surface area contributed by atoms with E-state index in [1.54, 1.807) is 19.1 Å². The van der Waals surface area contributed by atoms with Gasteiger partial charge in [0.25, 0.3) is 0 Å². The molecule has 1 aliphatic heterocycles. The van der Waals surface area contributed by atoms with E-state index in [-0.39, 0.29) is 11.7 Å². The van der Waals surface area contributed by atoms with E-state index in [0.717, 1.165) is 61.5 Å². The number of hydrogen-bond acceptors (Lipinski definition) is 3. The van der Waals surface area contributed by atoms with Gasteiger partial charge in [0.1, 0.15) is 5.82 Å². The van der Waals surface area contributed by atoms with E-state index in [9.17, 15) is 9.18 Å². The fraction of sp³-hybridized carbons (Fsp3) is 0.360. The van der Waals surface area contributed by atoms with E-state index in [0.29, 0.717) is 5.92 Å². The zero-order valence-corrected chi connectivity index (χ0v) is 18.1. The first kappa shape index (κ1) is 21.2. The fourth-order valence-electron chi connectivity index (χ4n) is 4.20. The van der Waals surface area contributed by atoms with Crippen LogP contribution in [0.3, 0.4) is 0 Å². The minimum atomic E-state index is -0.250. The summed E-state index contributed by atoms with van der Waals surface area (Å²) in [7, 11) is 0. The summed E-state index contributed by atoms with van der Waals surface area (Å²) in [6, 6.07) is 14.8. The number of amides is 1. The van der Waals surface area contributed by atoms with Gasteiger partial charge in [-0.05, 0) is 68.6 Å². The second kappa shape index (κ2) is 9.43. The maximum absolute atomic E-state index is 13.5. The second-order valence-corrected chi connectivity index (χ2v) is 8.47. The SMILES string of the molecule is CC(=O)NC[C@H]1CCCN(Cc2cn(-c3ccc(C)cc3)nc2-c2ccc(F)cc2)C1. The molecule has 0 bridgehead atoms. The molecule has 2 aromatic carbocycles. The number of halogens is 1. The topological polar surface area (TPSA) is 50.2 Å². The molecule has 0 unspecified atom stereocenters. The van der Waals surface area contributed by atoms with Gasteiger partial charge in [-0.3, -0.25) is 9.69 Å². The van der Waals surface area contributed by atoms with Crippen LogP contribution >= 0.6 is 0 Å². The number of hydrogen-bond donors (Lipinski definition) is 1. The molecule has 5 nitrogen and oxygen atoms in total. The predicted octanol–water partition coefficient (Wildman–Crippen LogP) is 4.33. The summed E-state index contributed by atoms with van der Waals surface area (Å²) in [5.74, 6) is 0.231. The lowest BCUT2D eigenvalue weighted by molar-refractivity contribution is -0.119. The Balaban J connectivity index is 1.59. The fourth-order valence-corrected chi connectivity index (χ4v) is 4.20. The minimum absolute atomic E-state index is 0.0232. The summed E-state index contributed by atoms with van der Waals surface area (Å²) in [5.41, 5.74) is 5.11. The first-order chi connectivity index (χ1) is 15.0. The van der Waals surface area contributed by atoms with Crippen molar-refractivity contribution in [3.05, 3.63) is 71.7 Å². The minimum Gasteiger partial charge on any atom is -0.356 e. The molecule has 1 N–H and O–H groups in total. The molecule has 1 fully saturated rings. The number of carbonyl (C=O) groups excluding carboxylic acids is 1. The number of aromatic nitrogens is 2. The first-order valence-electron chi connectivity index (χ1n) is 10.9. The lowest BCUT2D eigenvalue weighted by Gasteiger charge is -2.32. The number of carbonyl (C=O) groups is 1. The molecule has 1 saturated heterocycles. The Bertz CT molecular complexity index is 1030. The molecule has 1 aromatic heterocycles. The van der Waals surface area contributed by atoms with Gasteiger partial charge >= 0.3 is 0 Å². The average Bonchev–Trinajstić information content (AvgIpc) is 3.17. The molecular formula is C25H29FN4O. The Morgan fingerprint density at radius 2 is 1.90 bits per heavy atom. The smallest absolute Gasteiger partial charge is 0.216 e. The van der Waals surface area contributed by atoms with Crippen LogP contribution in [-0.4, -0.2) is 40.2 Å². The van der Waals surface area contributed by atoms with Crippen molar-refractivity contribution in [1.82, 2.24) is 20.0 Å². The van der Waals surface area contributed by atoms with E-state index in [1.807, 2.05) is 4.68 Å². The first-order valence-corrected chi connectivity index (χ1v) is 10.9. The predicted molar refractivity (Wildman–Crippen MR) is 120 cm³/mol. The van der Waals surface area contributed by atoms with Gasteiger partial charge in [-0.1, -0.05) is 17.7 Å². The third-order valence-electron chi connectivity index (χ3n) is 5.84. The van der Waals surface area contributed by atoms with Gasteiger partial charge in [0.2, 0.25) is 5.91 Å². The van der Waals surface area contributed by atoms with E-state index in [4.69, 9.17) is 5.10 Å². The van der Waals surface area contributed by atoms with E-state index in [1.165, 1.54) is 17.7 Å². The molecule has 0 saturated carbocycles. The van der Waals surface area contributed by atoms with E-state index < -0.39 is 0 Å². The van der Waals surface area contributed by atoms with Crippen molar-refractivity contribution in [2.45, 2.75) is 33.2 Å². The maximum atomic E-state index is 13.5. The molecule has 31 heavy (non-hydrogen) atoms. The third-order valence-corrected chi connectivity index (χ3v) is 5.84. The quantitative estimate of drug-likeness (QED) is 0.646. The zero-order chi connectivity index (χ0) is 21.8. The van der Waals surface area contributed by atoms with Crippen LogP contribution in [0.15, 0.2) is 54.7 Å². The van der Waals surface area contributed by atoms with Crippen molar-refractivity contribution in [3.8, 4) is 16.9 Å². The van der Waals surface area contributed by atoms with Crippen molar-refractivity contribution < 1.29 is 9.18 Å². The highest BCUT2D eigenvalue weighted by atomic mass is 19.1. The van der Waals surface area contributed by atoms with Crippen molar-refractivity contribution in [3.63, 3.8) is 0 Å². The van der Waals surface area contributed by atoms with Crippen LogP contribution in [0.4, 0.5) is 4.39 Å². The van der Waals surface area contributed by atoms with Gasteiger partial charge in [-0.25, -0.2) is 9.07 Å². The van der Waals surface area contributed by atoms with Crippen molar-refractivity contribution in [1.29, 1.82) is 0 Å². The molecule has 0 radical (unpaired) electrons. The molecule has 4 rings (SSSR count). The van der Waals surface area contributed by atoms with Crippen LogP contribution in [0.2, 0.25) is 0 Å². The Labute approximate surface area is 182 Å². The van der Waals surface area contributed by atoms with E-state index in [2.05, 4.69) is 47.6 Å². The molecule has 6 heteroatoms. The van der Waals surface area contributed by atoms with Gasteiger partial charge in [-0.2, -0.15) is 5.10 Å². The second-order valence-electron chi connectivity index (χ2n) is 8.47. The molecule has 2 heterocycles. The molecule has 162 valence electrons. The average molecular weight is 421 g/mol. The number of benzene rings is 2. The molecule has 1 amide bonds. The van der Waals surface area contributed by atoms with Crippen LogP contribution < -0.4 is 5.32 Å². The zero-order valence-electron chi connectivity index (χ0n) is 18.1. The van der Waals surface area contributed by atoms with E-state index >= 15 is 0 Å². The normalized spacial score (nSPS) is 16.9. The number of aryl methyl sites for hydroxylation is 1. The number of rotatable bonds is 6. The highest BCUT2D eigenvalue weighted by molar-refractivity contribution is 5.72. The summed E-state index contributed by atoms with van der Waals surface area (Å²) in [6.07, 6.45) is 4.33. The largest absolute Gasteiger partial charge is 0.356 e. The Morgan fingerprint density at radius 1 is 1.16 bits per heavy atom. The number of nitrogens with zero attached hydrogens (tertiary/aromatic N) is 3. The summed E-state index contributed by atoms with van der Waals surface area (Å²) in [6.45, 7) is 7.09. The summed E-state index contributed by atoms with van der Waals surface area (Å²) >= 11 is 0. The van der Waals surface area contributed by atoms with Crippen molar-refractivity contribution in [2.24, 2.45) is 5.92 Å². The Morgan fingerprint density at radius 3 is 2.61 bits per heavy atom. The highest BCUT2D eigenvalue weighted by Gasteiger charge is 2.22. The number of piperidine rings is 1.